The predicted octanol–water partition coefficient (Wildman–Crippen LogP) is 6.01. The highest BCUT2D eigenvalue weighted by molar-refractivity contribution is 5.26. The van der Waals surface area contributed by atoms with Crippen molar-refractivity contribution >= 4 is 0 Å². The molecule has 11 bridgehead atoms. The van der Waals surface area contributed by atoms with Crippen LogP contribution in [0.3, 0.4) is 0 Å². The smallest absolute Gasteiger partial charge is 0.0225 e. The van der Waals surface area contributed by atoms with Gasteiger partial charge in [-0.15, -0.1) is 0 Å². The molecule has 0 nitrogen and oxygen atoms in total. The maximum Gasteiger partial charge on any atom is -0.0225 e. The predicted molar refractivity (Wildman–Crippen MR) is 92.3 cm³/mol. The van der Waals surface area contributed by atoms with Gasteiger partial charge in [0.1, 0.15) is 0 Å². The molecule has 0 heteroatoms. The maximum absolute atomic E-state index is 2.00. The lowest BCUT2D eigenvalue weighted by atomic mass is 9.22. The van der Waals surface area contributed by atoms with E-state index >= 15 is 0 Å². The van der Waals surface area contributed by atoms with E-state index in [0.717, 1.165) is 5.41 Å². The van der Waals surface area contributed by atoms with Gasteiger partial charge in [0.25, 0.3) is 0 Å². The normalized spacial score (nSPS) is 66.0. The maximum atomic E-state index is 2.00. The van der Waals surface area contributed by atoms with Gasteiger partial charge in [-0.2, -0.15) is 0 Å². The lowest BCUT2D eigenvalue weighted by molar-refractivity contribution is -0.347. The lowest BCUT2D eigenvalue weighted by Crippen LogP contribution is -2.77. The summed E-state index contributed by atoms with van der Waals surface area (Å²) < 4.78 is 0. The Morgan fingerprint density at radius 3 is 1.23 bits per heavy atom. The van der Waals surface area contributed by atoms with Crippen molar-refractivity contribution in [2.45, 2.75) is 72.6 Å². The van der Waals surface area contributed by atoms with E-state index in [9.17, 15) is 0 Å². The second-order valence-corrected chi connectivity index (χ2v) is 9.59. The van der Waals surface area contributed by atoms with Crippen LogP contribution in [-0.2, 0) is 0 Å². The van der Waals surface area contributed by atoms with E-state index in [1.54, 1.807) is 44.9 Å². The summed E-state index contributed by atoms with van der Waals surface area (Å²) in [5.74, 6) is 12.3. The molecule has 0 aromatic rings. The van der Waals surface area contributed by atoms with E-state index in [1.807, 2.05) is 27.7 Å². The monoisotopic (exact) mass is 300 g/mol. The van der Waals surface area contributed by atoms with Crippen LogP contribution < -0.4 is 0 Å². The first-order valence-electron chi connectivity index (χ1n) is 10.9. The third-order valence-electron chi connectivity index (χ3n) is 9.68. The van der Waals surface area contributed by atoms with Crippen molar-refractivity contribution in [2.75, 3.05) is 0 Å². The zero-order chi connectivity index (χ0) is 15.2. The molecule has 4 unspecified atom stereocenters. The zero-order valence-corrected chi connectivity index (χ0v) is 15.2. The van der Waals surface area contributed by atoms with E-state index in [-0.39, 0.29) is 0 Å². The topological polar surface area (TPSA) is 0 Å². The third-order valence-corrected chi connectivity index (χ3v) is 9.68. The minimum Gasteiger partial charge on any atom is -0.0683 e. The van der Waals surface area contributed by atoms with Crippen LogP contribution in [0.1, 0.15) is 72.6 Å². The van der Waals surface area contributed by atoms with Gasteiger partial charge in [0.2, 0.25) is 0 Å². The summed E-state index contributed by atoms with van der Waals surface area (Å²) in [6.07, 6.45) is 11.8. The summed E-state index contributed by atoms with van der Waals surface area (Å²) in [5, 5.41) is 0. The van der Waals surface area contributed by atoms with Crippen molar-refractivity contribution in [3.8, 4) is 0 Å². The van der Waals surface area contributed by atoms with Crippen LogP contribution in [0.15, 0.2) is 0 Å². The van der Waals surface area contributed by atoms with Crippen LogP contribution in [-0.4, -0.2) is 0 Å². The fourth-order valence-corrected chi connectivity index (χ4v) is 10.3. The van der Waals surface area contributed by atoms with Gasteiger partial charge in [-0.1, -0.05) is 27.7 Å². The number of rotatable bonds is 0. The van der Waals surface area contributed by atoms with E-state index in [0.29, 0.717) is 0 Å². The van der Waals surface area contributed by atoms with E-state index in [1.165, 1.54) is 59.2 Å². The standard InChI is InChI=1S/C18H24.2C2H6/c1-8-2-13-10-5-11-14-3-9-4-15(11)17(13)18(6-8,7-9)16(14)12(1)10;2*1-2/h8-17H,1-7H2;2*1-2H3. The van der Waals surface area contributed by atoms with E-state index < -0.39 is 0 Å². The van der Waals surface area contributed by atoms with Gasteiger partial charge >= 0.3 is 0 Å². The molecule has 124 valence electrons. The van der Waals surface area contributed by atoms with Crippen molar-refractivity contribution in [3.05, 3.63) is 0 Å². The Morgan fingerprint density at radius 1 is 0.500 bits per heavy atom. The molecule has 10 saturated carbocycles. The molecule has 4 atom stereocenters. The summed E-state index contributed by atoms with van der Waals surface area (Å²) in [4.78, 5) is 0. The van der Waals surface area contributed by atoms with Gasteiger partial charge in [0.05, 0.1) is 0 Å². The molecule has 22 heavy (non-hydrogen) atoms. The van der Waals surface area contributed by atoms with Gasteiger partial charge in [-0.05, 0) is 110 Å². The molecule has 1 spiro atoms. The molecule has 0 aliphatic heterocycles. The van der Waals surface area contributed by atoms with Crippen LogP contribution >= 0.6 is 0 Å². The molecule has 0 saturated heterocycles. The van der Waals surface area contributed by atoms with E-state index in [4.69, 9.17) is 0 Å². The van der Waals surface area contributed by atoms with Crippen LogP contribution in [0.4, 0.5) is 0 Å². The largest absolute Gasteiger partial charge is 0.0683 e. The Hall–Kier alpha value is 0. The van der Waals surface area contributed by atoms with Gasteiger partial charge in [0, 0.05) is 0 Å². The summed E-state index contributed by atoms with van der Waals surface area (Å²) in [6.45, 7) is 8.00. The average Bonchev–Trinajstić information content (AvgIpc) is 2.56. The Bertz CT molecular complexity index is 395. The molecule has 10 rings (SSSR count). The highest BCUT2D eigenvalue weighted by Gasteiger charge is 2.77. The lowest BCUT2D eigenvalue weighted by Gasteiger charge is -2.83. The minimum absolute atomic E-state index is 0.945. The summed E-state index contributed by atoms with van der Waals surface area (Å²) >= 11 is 0. The molecule has 0 heterocycles. The SMILES string of the molecule is C1C2C3CC4CC2C2C5CC6CC(C15)C3C2(C4)C6.CC.CC. The molecule has 10 aliphatic carbocycles. The van der Waals surface area contributed by atoms with Crippen LogP contribution in [0.5, 0.6) is 0 Å². The summed E-state index contributed by atoms with van der Waals surface area (Å²) in [6, 6.07) is 0. The van der Waals surface area contributed by atoms with E-state index in [2.05, 4.69) is 0 Å². The summed E-state index contributed by atoms with van der Waals surface area (Å²) in [5.41, 5.74) is 0.945. The second kappa shape index (κ2) is 4.54. The molecule has 0 N–H and O–H groups in total. The minimum atomic E-state index is 0.945. The van der Waals surface area contributed by atoms with Crippen molar-refractivity contribution < 1.29 is 0 Å². The number of hydrogen-bond donors (Lipinski definition) is 0. The average molecular weight is 301 g/mol. The van der Waals surface area contributed by atoms with Crippen molar-refractivity contribution in [1.82, 2.24) is 0 Å². The first-order valence-corrected chi connectivity index (χ1v) is 10.9. The number of hydrogen-bond acceptors (Lipinski definition) is 0. The highest BCUT2D eigenvalue weighted by Crippen LogP contribution is 2.84. The highest BCUT2D eigenvalue weighted by atomic mass is 14.8. The Morgan fingerprint density at radius 2 is 0.864 bits per heavy atom. The van der Waals surface area contributed by atoms with Crippen molar-refractivity contribution in [1.29, 1.82) is 0 Å². The molecule has 10 aliphatic rings. The first-order chi connectivity index (χ1) is 10.9. The molecular weight excluding hydrogens is 264 g/mol. The van der Waals surface area contributed by atoms with Crippen molar-refractivity contribution in [3.63, 3.8) is 0 Å². The fourth-order valence-electron chi connectivity index (χ4n) is 10.3. The van der Waals surface area contributed by atoms with Crippen molar-refractivity contribution in [2.24, 2.45) is 64.6 Å². The second-order valence-electron chi connectivity index (χ2n) is 9.59. The van der Waals surface area contributed by atoms with Crippen LogP contribution in [0.25, 0.3) is 0 Å². The molecule has 0 amide bonds. The van der Waals surface area contributed by atoms with Crippen LogP contribution in [0.2, 0.25) is 0 Å². The molecule has 0 aromatic heterocycles. The molecule has 0 radical (unpaired) electrons. The van der Waals surface area contributed by atoms with Crippen LogP contribution in [0, 0.1) is 64.6 Å². The van der Waals surface area contributed by atoms with Gasteiger partial charge < -0.3 is 0 Å². The first kappa shape index (κ1) is 14.4. The van der Waals surface area contributed by atoms with Gasteiger partial charge in [-0.25, -0.2) is 0 Å². The summed E-state index contributed by atoms with van der Waals surface area (Å²) in [7, 11) is 0. The van der Waals surface area contributed by atoms with Gasteiger partial charge in [0.15, 0.2) is 0 Å². The zero-order valence-electron chi connectivity index (χ0n) is 15.2. The molecule has 0 aromatic carbocycles. The molecular formula is C22H36. The van der Waals surface area contributed by atoms with Gasteiger partial charge in [-0.3, -0.25) is 0 Å². The Labute approximate surface area is 137 Å². The fraction of sp³-hybridized carbons (Fsp3) is 1.00. The third kappa shape index (κ3) is 1.32. The quantitative estimate of drug-likeness (QED) is 0.513. The Balaban J connectivity index is 0.000000264. The Kier molecular flexibility index (Phi) is 2.96. The molecule has 10 fully saturated rings.